The van der Waals surface area contributed by atoms with Gasteiger partial charge in [0.25, 0.3) is 11.1 Å². The molecule has 4 rings (SSSR count). The van der Waals surface area contributed by atoms with Crippen molar-refractivity contribution in [2.45, 2.75) is 19.3 Å². The highest BCUT2D eigenvalue weighted by atomic mass is 35.5. The van der Waals surface area contributed by atoms with E-state index in [2.05, 4.69) is 0 Å². The molecule has 0 unspecified atom stereocenters. The lowest BCUT2D eigenvalue weighted by Crippen LogP contribution is -2.44. The van der Waals surface area contributed by atoms with Gasteiger partial charge in [0, 0.05) is 35.7 Å². The molecule has 29 heavy (non-hydrogen) atoms. The first-order valence-electron chi connectivity index (χ1n) is 9.49. The van der Waals surface area contributed by atoms with Gasteiger partial charge < -0.3 is 9.47 Å². The van der Waals surface area contributed by atoms with Gasteiger partial charge >= 0.3 is 0 Å². The molecule has 0 atom stereocenters. The third-order valence-electron chi connectivity index (χ3n) is 5.04. The van der Waals surface area contributed by atoms with E-state index in [0.29, 0.717) is 23.0 Å². The van der Waals surface area contributed by atoms with Gasteiger partial charge in [-0.1, -0.05) is 11.6 Å². The van der Waals surface area contributed by atoms with Crippen LogP contribution in [-0.2, 0) is 9.59 Å². The van der Waals surface area contributed by atoms with E-state index >= 15 is 0 Å². The number of carbonyl (C=O) groups excluding carboxylic acids is 3. The van der Waals surface area contributed by atoms with Crippen molar-refractivity contribution in [1.29, 1.82) is 0 Å². The first kappa shape index (κ1) is 19.8. The molecule has 0 spiro atoms. The van der Waals surface area contributed by atoms with Crippen molar-refractivity contribution >= 4 is 46.5 Å². The molecule has 0 radical (unpaired) electrons. The van der Waals surface area contributed by atoms with Gasteiger partial charge in [0.15, 0.2) is 0 Å². The number of halogens is 1. The Morgan fingerprint density at radius 2 is 1.79 bits per heavy atom. The average molecular weight is 430 g/mol. The van der Waals surface area contributed by atoms with Gasteiger partial charge in [0.1, 0.15) is 6.54 Å². The Labute approximate surface area is 178 Å². The Morgan fingerprint density at radius 3 is 2.52 bits per heavy atom. The highest BCUT2D eigenvalue weighted by Crippen LogP contribution is 2.32. The van der Waals surface area contributed by atoms with E-state index in [1.165, 1.54) is 0 Å². The van der Waals surface area contributed by atoms with Crippen molar-refractivity contribution in [2.75, 3.05) is 19.6 Å². The molecule has 0 bridgehead atoms. The molecule has 1 aromatic heterocycles. The zero-order chi connectivity index (χ0) is 20.4. The molecular formula is C21H20ClN3O3S. The van der Waals surface area contributed by atoms with E-state index in [0.717, 1.165) is 47.3 Å². The smallest absolute Gasteiger partial charge is 0.294 e. The maximum Gasteiger partial charge on any atom is 0.294 e. The van der Waals surface area contributed by atoms with Gasteiger partial charge in [0.05, 0.1) is 4.91 Å². The van der Waals surface area contributed by atoms with Crippen molar-refractivity contribution in [3.8, 4) is 5.69 Å². The van der Waals surface area contributed by atoms with Crippen molar-refractivity contribution < 1.29 is 14.4 Å². The molecule has 0 aliphatic carbocycles. The van der Waals surface area contributed by atoms with Crippen LogP contribution < -0.4 is 0 Å². The number of nitrogens with zero attached hydrogens (tertiary/aromatic N) is 3. The summed E-state index contributed by atoms with van der Waals surface area (Å²) in [5, 5.41) is 0.234. The summed E-state index contributed by atoms with van der Waals surface area (Å²) < 4.78 is 1.91. The lowest BCUT2D eigenvalue weighted by atomic mass is 10.1. The second-order valence-electron chi connectivity index (χ2n) is 6.99. The monoisotopic (exact) mass is 429 g/mol. The Morgan fingerprint density at radius 1 is 1.07 bits per heavy atom. The van der Waals surface area contributed by atoms with Crippen molar-refractivity contribution in [2.24, 2.45) is 0 Å². The molecule has 0 N–H and O–H groups in total. The van der Waals surface area contributed by atoms with Crippen molar-refractivity contribution in [1.82, 2.24) is 14.4 Å². The molecular weight excluding hydrogens is 410 g/mol. The summed E-state index contributed by atoms with van der Waals surface area (Å²) in [7, 11) is 0. The zero-order valence-electron chi connectivity index (χ0n) is 15.7. The Hall–Kier alpha value is -2.51. The number of imide groups is 1. The molecule has 0 saturated carbocycles. The third-order valence-corrected chi connectivity index (χ3v) is 6.20. The minimum absolute atomic E-state index is 0.169. The summed E-state index contributed by atoms with van der Waals surface area (Å²) in [6, 6.07) is 11.1. The number of carbonyl (C=O) groups is 3. The molecule has 2 aliphatic rings. The summed E-state index contributed by atoms with van der Waals surface area (Å²) in [6.45, 7) is 1.19. The van der Waals surface area contributed by atoms with Gasteiger partial charge in [-0.25, -0.2) is 0 Å². The third kappa shape index (κ3) is 4.26. The van der Waals surface area contributed by atoms with E-state index in [1.54, 1.807) is 23.1 Å². The van der Waals surface area contributed by atoms with Crippen LogP contribution >= 0.6 is 23.4 Å². The Kier molecular flexibility index (Phi) is 5.78. The molecule has 2 saturated heterocycles. The summed E-state index contributed by atoms with van der Waals surface area (Å²) in [6.07, 6.45) is 6.61. The second-order valence-corrected chi connectivity index (χ2v) is 8.42. The maximum absolute atomic E-state index is 12.8. The van der Waals surface area contributed by atoms with Crippen LogP contribution in [0, 0.1) is 0 Å². The van der Waals surface area contributed by atoms with E-state index in [9.17, 15) is 14.4 Å². The van der Waals surface area contributed by atoms with Crippen molar-refractivity contribution in [3.05, 3.63) is 58.2 Å². The van der Waals surface area contributed by atoms with Crippen LogP contribution in [0.15, 0.2) is 47.5 Å². The molecule has 6 nitrogen and oxygen atoms in total. The molecule has 2 aromatic rings. The van der Waals surface area contributed by atoms with Gasteiger partial charge in [-0.3, -0.25) is 19.3 Å². The number of piperidine rings is 1. The predicted octanol–water partition coefficient (Wildman–Crippen LogP) is 4.18. The number of amides is 3. The number of hydrogen-bond acceptors (Lipinski definition) is 4. The SMILES string of the molecule is O=C(CN1C(=O)S/C(=C\c2cccn2-c2ccc(Cl)cc2)C1=O)N1CCCCC1. The molecule has 2 fully saturated rings. The van der Waals surface area contributed by atoms with Crippen LogP contribution in [0.1, 0.15) is 25.0 Å². The highest BCUT2D eigenvalue weighted by molar-refractivity contribution is 8.18. The first-order chi connectivity index (χ1) is 14.0. The second kappa shape index (κ2) is 8.47. The molecule has 1 aromatic carbocycles. The van der Waals surface area contributed by atoms with Crippen LogP contribution in [0.4, 0.5) is 4.79 Å². The number of hydrogen-bond donors (Lipinski definition) is 0. The normalized spacial score (nSPS) is 18.7. The molecule has 3 heterocycles. The highest BCUT2D eigenvalue weighted by Gasteiger charge is 2.37. The number of likely N-dealkylation sites (tertiary alicyclic amines) is 1. The van der Waals surface area contributed by atoms with Crippen LogP contribution in [0.3, 0.4) is 0 Å². The lowest BCUT2D eigenvalue weighted by Gasteiger charge is -2.27. The fourth-order valence-electron chi connectivity index (χ4n) is 3.50. The molecule has 2 aliphatic heterocycles. The number of benzene rings is 1. The minimum Gasteiger partial charge on any atom is -0.341 e. The largest absolute Gasteiger partial charge is 0.341 e. The average Bonchev–Trinajstić information content (AvgIpc) is 3.29. The van der Waals surface area contributed by atoms with Gasteiger partial charge in [0.2, 0.25) is 5.91 Å². The molecule has 150 valence electrons. The number of aromatic nitrogens is 1. The lowest BCUT2D eigenvalue weighted by molar-refractivity contribution is -0.136. The zero-order valence-corrected chi connectivity index (χ0v) is 17.3. The standard InChI is InChI=1S/C21H20ClN3O3S/c22-15-6-8-16(9-7-15)24-12-4-5-17(24)13-18-20(27)25(21(28)29-18)14-19(26)23-10-2-1-3-11-23/h4-9,12-13H,1-3,10-11,14H2/b18-13-. The quantitative estimate of drug-likeness (QED) is 0.684. The van der Waals surface area contributed by atoms with Gasteiger partial charge in [-0.05, 0) is 73.5 Å². The summed E-state index contributed by atoms with van der Waals surface area (Å²) in [5.41, 5.74) is 1.66. The predicted molar refractivity (Wildman–Crippen MR) is 114 cm³/mol. The fraction of sp³-hybridized carbons (Fsp3) is 0.286. The van der Waals surface area contributed by atoms with Crippen LogP contribution in [-0.4, -0.2) is 51.1 Å². The van der Waals surface area contributed by atoms with Crippen LogP contribution in [0.2, 0.25) is 5.02 Å². The van der Waals surface area contributed by atoms with Gasteiger partial charge in [-0.2, -0.15) is 0 Å². The van der Waals surface area contributed by atoms with Gasteiger partial charge in [-0.15, -0.1) is 0 Å². The number of rotatable bonds is 4. The topological polar surface area (TPSA) is 62.6 Å². The fourth-order valence-corrected chi connectivity index (χ4v) is 4.45. The Bertz CT molecular complexity index is 977. The van der Waals surface area contributed by atoms with E-state index in [4.69, 9.17) is 11.6 Å². The maximum atomic E-state index is 12.8. The molecule has 8 heteroatoms. The minimum atomic E-state index is -0.422. The molecule has 3 amide bonds. The Balaban J connectivity index is 1.52. The number of thioether (sulfide) groups is 1. The van der Waals surface area contributed by atoms with Crippen LogP contribution in [0.25, 0.3) is 11.8 Å². The van der Waals surface area contributed by atoms with Crippen molar-refractivity contribution in [3.63, 3.8) is 0 Å². The van der Waals surface area contributed by atoms with Crippen LogP contribution in [0.5, 0.6) is 0 Å². The summed E-state index contributed by atoms with van der Waals surface area (Å²) in [4.78, 5) is 40.7. The van der Waals surface area contributed by atoms with E-state index in [1.807, 2.05) is 35.0 Å². The summed E-state index contributed by atoms with van der Waals surface area (Å²) >= 11 is 6.82. The van der Waals surface area contributed by atoms with E-state index in [-0.39, 0.29) is 12.5 Å². The summed E-state index contributed by atoms with van der Waals surface area (Å²) in [5.74, 6) is -0.591. The first-order valence-corrected chi connectivity index (χ1v) is 10.7. The van der Waals surface area contributed by atoms with E-state index < -0.39 is 11.1 Å².